The fourth-order valence-electron chi connectivity index (χ4n) is 5.48. The van der Waals surface area contributed by atoms with Gasteiger partial charge in [-0.2, -0.15) is 0 Å². The standard InChI is InChI=1S/C34H27OP/c1-3-9-28(4-2)36(35,29-12-6-5-7-13-29)30-20-16-24(17-21-30)31-22-18-27-15-14-25-10-8-11-26-19-23-32(31)34(27)33(25)26/h3-23H,1-2H3/b9-3-,28-4+. The van der Waals surface area contributed by atoms with Crippen LogP contribution in [0, 0.1) is 0 Å². The molecule has 0 aliphatic rings. The van der Waals surface area contributed by atoms with Gasteiger partial charge in [0.15, 0.2) is 7.14 Å². The monoisotopic (exact) mass is 482 g/mol. The van der Waals surface area contributed by atoms with Gasteiger partial charge in [-0.05, 0) is 57.3 Å². The Hall–Kier alpha value is -3.93. The SMILES string of the molecule is C/C=C\C(=C/C)P(=O)(c1ccccc1)c1ccc(-c2ccc3ccc4cccc5ccc2c3c45)cc1. The summed E-state index contributed by atoms with van der Waals surface area (Å²) in [5.41, 5.74) is 2.32. The number of allylic oxidation sites excluding steroid dienone is 4. The molecule has 1 unspecified atom stereocenters. The maximum absolute atomic E-state index is 14.7. The zero-order chi connectivity index (χ0) is 24.7. The van der Waals surface area contributed by atoms with Crippen LogP contribution in [0.25, 0.3) is 43.4 Å². The van der Waals surface area contributed by atoms with Crippen LogP contribution in [-0.4, -0.2) is 0 Å². The van der Waals surface area contributed by atoms with E-state index in [4.69, 9.17) is 0 Å². The highest BCUT2D eigenvalue weighted by atomic mass is 31.2. The molecule has 0 amide bonds. The van der Waals surface area contributed by atoms with Crippen LogP contribution in [0.4, 0.5) is 0 Å². The molecule has 0 aliphatic carbocycles. The predicted molar refractivity (Wildman–Crippen MR) is 157 cm³/mol. The molecular weight excluding hydrogens is 455 g/mol. The van der Waals surface area contributed by atoms with Crippen molar-refractivity contribution in [3.05, 3.63) is 133 Å². The highest BCUT2D eigenvalue weighted by molar-refractivity contribution is 7.82. The van der Waals surface area contributed by atoms with Crippen molar-refractivity contribution in [1.82, 2.24) is 0 Å². The molecule has 0 spiro atoms. The quantitative estimate of drug-likeness (QED) is 0.136. The van der Waals surface area contributed by atoms with E-state index in [1.54, 1.807) is 0 Å². The summed E-state index contributed by atoms with van der Waals surface area (Å²) in [6.45, 7) is 3.93. The lowest BCUT2D eigenvalue weighted by Gasteiger charge is -2.21. The number of hydrogen-bond donors (Lipinski definition) is 0. The van der Waals surface area contributed by atoms with Crippen LogP contribution in [0.15, 0.2) is 133 Å². The van der Waals surface area contributed by atoms with E-state index in [-0.39, 0.29) is 0 Å². The minimum Gasteiger partial charge on any atom is -0.309 e. The van der Waals surface area contributed by atoms with Crippen LogP contribution in [0.5, 0.6) is 0 Å². The first-order valence-electron chi connectivity index (χ1n) is 12.4. The summed E-state index contributed by atoms with van der Waals surface area (Å²) in [6, 6.07) is 38.0. The molecule has 0 fully saturated rings. The van der Waals surface area contributed by atoms with Crippen molar-refractivity contribution in [1.29, 1.82) is 0 Å². The Kier molecular flexibility index (Phi) is 5.59. The second-order valence-corrected chi connectivity index (χ2v) is 11.9. The number of benzene rings is 6. The Labute approximate surface area is 212 Å². The molecule has 0 aromatic heterocycles. The zero-order valence-electron chi connectivity index (χ0n) is 20.5. The van der Waals surface area contributed by atoms with E-state index in [1.165, 1.54) is 37.9 Å². The van der Waals surface area contributed by atoms with E-state index < -0.39 is 7.14 Å². The molecule has 0 bridgehead atoms. The first-order valence-corrected chi connectivity index (χ1v) is 14.1. The van der Waals surface area contributed by atoms with Crippen LogP contribution in [0.2, 0.25) is 0 Å². The van der Waals surface area contributed by atoms with Crippen LogP contribution in [-0.2, 0) is 4.57 Å². The minimum absolute atomic E-state index is 0.848. The molecule has 6 aromatic rings. The molecule has 0 radical (unpaired) electrons. The second-order valence-electron chi connectivity index (χ2n) is 9.17. The van der Waals surface area contributed by atoms with E-state index in [0.29, 0.717) is 0 Å². The normalized spacial score (nSPS) is 14.2. The van der Waals surface area contributed by atoms with E-state index in [1.807, 2.05) is 74.5 Å². The van der Waals surface area contributed by atoms with Gasteiger partial charge < -0.3 is 4.57 Å². The third-order valence-corrected chi connectivity index (χ3v) is 10.4. The van der Waals surface area contributed by atoms with Gasteiger partial charge in [-0.15, -0.1) is 0 Å². The zero-order valence-corrected chi connectivity index (χ0v) is 21.4. The molecule has 1 nitrogen and oxygen atoms in total. The Bertz CT molecular complexity index is 1790. The molecule has 6 aromatic carbocycles. The summed E-state index contributed by atoms with van der Waals surface area (Å²) in [6.07, 6.45) is 5.91. The largest absolute Gasteiger partial charge is 0.309 e. The number of rotatable bonds is 5. The van der Waals surface area contributed by atoms with Crippen molar-refractivity contribution in [2.45, 2.75) is 13.8 Å². The fourth-order valence-corrected chi connectivity index (χ4v) is 8.25. The summed E-state index contributed by atoms with van der Waals surface area (Å²) >= 11 is 0. The molecular formula is C34H27OP. The molecule has 174 valence electrons. The number of hydrogen-bond acceptors (Lipinski definition) is 1. The van der Waals surface area contributed by atoms with Crippen molar-refractivity contribution in [2.24, 2.45) is 0 Å². The summed E-state index contributed by atoms with van der Waals surface area (Å²) in [4.78, 5) is 0. The lowest BCUT2D eigenvalue weighted by atomic mass is 9.90. The van der Waals surface area contributed by atoms with Crippen molar-refractivity contribution in [3.8, 4) is 11.1 Å². The average molecular weight is 483 g/mol. The summed E-state index contributed by atoms with van der Waals surface area (Å²) in [5, 5.41) is 10.2. The van der Waals surface area contributed by atoms with Crippen LogP contribution in [0.1, 0.15) is 13.8 Å². The van der Waals surface area contributed by atoms with Gasteiger partial charge in [0.25, 0.3) is 0 Å². The van der Waals surface area contributed by atoms with Gasteiger partial charge in [0, 0.05) is 15.9 Å². The first-order chi connectivity index (χ1) is 17.6. The van der Waals surface area contributed by atoms with Crippen molar-refractivity contribution in [2.75, 3.05) is 0 Å². The van der Waals surface area contributed by atoms with E-state index in [2.05, 4.69) is 66.7 Å². The topological polar surface area (TPSA) is 17.1 Å². The van der Waals surface area contributed by atoms with Gasteiger partial charge in [-0.25, -0.2) is 0 Å². The average Bonchev–Trinajstić information content (AvgIpc) is 2.95. The van der Waals surface area contributed by atoms with E-state index >= 15 is 0 Å². The van der Waals surface area contributed by atoms with Crippen molar-refractivity contribution in [3.63, 3.8) is 0 Å². The molecule has 1 atom stereocenters. The molecule has 0 aliphatic heterocycles. The molecule has 0 N–H and O–H groups in total. The van der Waals surface area contributed by atoms with Crippen LogP contribution in [0.3, 0.4) is 0 Å². The predicted octanol–water partition coefficient (Wildman–Crippen LogP) is 9.04. The fraction of sp³-hybridized carbons (Fsp3) is 0.0588. The van der Waals surface area contributed by atoms with E-state index in [9.17, 15) is 4.57 Å². The van der Waals surface area contributed by atoms with Gasteiger partial charge in [0.1, 0.15) is 0 Å². The Morgan fingerprint density at radius 2 is 1.22 bits per heavy atom. The molecule has 6 rings (SSSR count). The Balaban J connectivity index is 1.53. The minimum atomic E-state index is -2.98. The summed E-state index contributed by atoms with van der Waals surface area (Å²) < 4.78 is 14.7. The summed E-state index contributed by atoms with van der Waals surface area (Å²) in [7, 11) is -2.98. The van der Waals surface area contributed by atoms with Crippen molar-refractivity contribution >= 4 is 50.1 Å². The maximum atomic E-state index is 14.7. The Morgan fingerprint density at radius 3 is 1.89 bits per heavy atom. The summed E-state index contributed by atoms with van der Waals surface area (Å²) in [5.74, 6) is 0. The maximum Gasteiger partial charge on any atom is 0.170 e. The highest BCUT2D eigenvalue weighted by Gasteiger charge is 2.30. The Morgan fingerprint density at radius 1 is 0.611 bits per heavy atom. The lowest BCUT2D eigenvalue weighted by Crippen LogP contribution is -2.17. The third-order valence-electron chi connectivity index (χ3n) is 7.19. The van der Waals surface area contributed by atoms with E-state index in [0.717, 1.165) is 21.5 Å². The smallest absolute Gasteiger partial charge is 0.170 e. The molecule has 36 heavy (non-hydrogen) atoms. The van der Waals surface area contributed by atoms with Gasteiger partial charge in [0.05, 0.1) is 0 Å². The molecule has 0 saturated heterocycles. The van der Waals surface area contributed by atoms with Crippen molar-refractivity contribution < 1.29 is 4.57 Å². The van der Waals surface area contributed by atoms with Crippen LogP contribution < -0.4 is 10.6 Å². The third kappa shape index (κ3) is 3.43. The molecule has 0 heterocycles. The second kappa shape index (κ2) is 8.94. The van der Waals surface area contributed by atoms with Gasteiger partial charge in [-0.1, -0.05) is 127 Å². The highest BCUT2D eigenvalue weighted by Crippen LogP contribution is 2.52. The molecule has 2 heteroatoms. The van der Waals surface area contributed by atoms with Gasteiger partial charge in [-0.3, -0.25) is 0 Å². The van der Waals surface area contributed by atoms with Gasteiger partial charge in [0.2, 0.25) is 0 Å². The lowest BCUT2D eigenvalue weighted by molar-refractivity contribution is 0.591. The van der Waals surface area contributed by atoms with Gasteiger partial charge >= 0.3 is 0 Å². The molecule has 0 saturated carbocycles. The van der Waals surface area contributed by atoms with Crippen LogP contribution >= 0.6 is 7.14 Å². The first kappa shape index (κ1) is 22.5.